The van der Waals surface area contributed by atoms with Gasteiger partial charge in [-0.15, -0.1) is 0 Å². The first-order valence-corrected chi connectivity index (χ1v) is 13.6. The molecule has 0 aliphatic rings. The van der Waals surface area contributed by atoms with E-state index in [4.69, 9.17) is 0 Å². The standard InChI is InChI=1S/C21H17IN4O6S2/c1-13-3-10-19(14(2)11-13)26-24-21(23-25(26)16-6-4-15(22)5-7-16)18-9-8-17(33(27,28)29)12-20(18)34(30,31)32/h3-12H,1-2H3,(H-,27,28,29,30,31,32)/p+1. The van der Waals surface area contributed by atoms with Crippen LogP contribution in [-0.2, 0) is 20.2 Å². The highest BCUT2D eigenvalue weighted by Gasteiger charge is 2.30. The van der Waals surface area contributed by atoms with Crippen LogP contribution in [0.5, 0.6) is 0 Å². The Kier molecular flexibility index (Phi) is 6.32. The number of aryl methyl sites for hydroxylation is 2. The van der Waals surface area contributed by atoms with Crippen LogP contribution in [0.25, 0.3) is 22.8 Å². The lowest BCUT2D eigenvalue weighted by Crippen LogP contribution is -2.43. The van der Waals surface area contributed by atoms with Crippen LogP contribution < -0.4 is 4.80 Å². The molecule has 34 heavy (non-hydrogen) atoms. The van der Waals surface area contributed by atoms with Gasteiger partial charge in [0.05, 0.1) is 15.6 Å². The van der Waals surface area contributed by atoms with Crippen molar-refractivity contribution in [3.63, 3.8) is 0 Å². The summed E-state index contributed by atoms with van der Waals surface area (Å²) in [5, 5.41) is 8.95. The molecule has 0 bridgehead atoms. The van der Waals surface area contributed by atoms with Crippen LogP contribution in [0.1, 0.15) is 11.1 Å². The highest BCUT2D eigenvalue weighted by molar-refractivity contribution is 14.1. The molecule has 0 atom stereocenters. The highest BCUT2D eigenvalue weighted by atomic mass is 127. The molecule has 4 aromatic rings. The second kappa shape index (κ2) is 8.81. The molecule has 0 amide bonds. The van der Waals surface area contributed by atoms with Crippen LogP contribution in [0.15, 0.2) is 70.5 Å². The van der Waals surface area contributed by atoms with Crippen LogP contribution in [0.3, 0.4) is 0 Å². The van der Waals surface area contributed by atoms with Gasteiger partial charge < -0.3 is 0 Å². The fourth-order valence-electron chi connectivity index (χ4n) is 3.38. The Hall–Kier alpha value is -2.72. The normalized spacial score (nSPS) is 12.1. The molecule has 0 spiro atoms. The van der Waals surface area contributed by atoms with Gasteiger partial charge in [0.15, 0.2) is 5.69 Å². The average molecular weight is 613 g/mol. The average Bonchev–Trinajstić information content (AvgIpc) is 3.17. The smallest absolute Gasteiger partial charge is 0.282 e. The van der Waals surface area contributed by atoms with Gasteiger partial charge in [-0.1, -0.05) is 17.7 Å². The van der Waals surface area contributed by atoms with E-state index in [0.717, 1.165) is 26.8 Å². The molecule has 2 N–H and O–H groups in total. The fraction of sp³-hybridized carbons (Fsp3) is 0.0952. The number of halogens is 1. The van der Waals surface area contributed by atoms with Crippen molar-refractivity contribution in [2.45, 2.75) is 23.6 Å². The first-order valence-electron chi connectivity index (χ1n) is 9.67. The van der Waals surface area contributed by atoms with E-state index in [9.17, 15) is 25.9 Å². The van der Waals surface area contributed by atoms with Crippen LogP contribution >= 0.6 is 22.6 Å². The maximum Gasteiger partial charge on any atom is 0.341 e. The molecule has 13 heteroatoms. The summed E-state index contributed by atoms with van der Waals surface area (Å²) >= 11 is 2.17. The largest absolute Gasteiger partial charge is 0.341 e. The van der Waals surface area contributed by atoms with Crippen molar-refractivity contribution in [3.05, 3.63) is 75.4 Å². The Labute approximate surface area is 209 Å². The van der Waals surface area contributed by atoms with Gasteiger partial charge in [0.1, 0.15) is 10.6 Å². The van der Waals surface area contributed by atoms with Gasteiger partial charge >= 0.3 is 5.82 Å². The van der Waals surface area contributed by atoms with Crippen LogP contribution in [0.4, 0.5) is 0 Å². The van der Waals surface area contributed by atoms with Crippen LogP contribution in [0.2, 0.25) is 0 Å². The molecule has 0 radical (unpaired) electrons. The van der Waals surface area contributed by atoms with Crippen molar-refractivity contribution in [1.82, 2.24) is 15.0 Å². The molecule has 0 saturated heterocycles. The summed E-state index contributed by atoms with van der Waals surface area (Å²) < 4.78 is 67.3. The second-order valence-electron chi connectivity index (χ2n) is 7.48. The van der Waals surface area contributed by atoms with Crippen LogP contribution in [-0.4, -0.2) is 40.9 Å². The maximum atomic E-state index is 12.1. The number of rotatable bonds is 5. The van der Waals surface area contributed by atoms with E-state index in [1.54, 1.807) is 0 Å². The Bertz CT molecular complexity index is 1630. The molecule has 176 valence electrons. The summed E-state index contributed by atoms with van der Waals surface area (Å²) in [6, 6.07) is 15.8. The third kappa shape index (κ3) is 4.88. The first kappa shape index (κ1) is 24.4. The Morgan fingerprint density at radius 3 is 2.15 bits per heavy atom. The van der Waals surface area contributed by atoms with E-state index in [1.807, 2.05) is 56.3 Å². The number of tetrazole rings is 1. The van der Waals surface area contributed by atoms with Crippen molar-refractivity contribution in [1.29, 1.82) is 0 Å². The Morgan fingerprint density at radius 1 is 0.882 bits per heavy atom. The summed E-state index contributed by atoms with van der Waals surface area (Å²) in [5.74, 6) is -0.0898. The van der Waals surface area contributed by atoms with Crippen molar-refractivity contribution in [2.75, 3.05) is 0 Å². The zero-order valence-corrected chi connectivity index (χ0v) is 21.6. The minimum atomic E-state index is -4.89. The first-order chi connectivity index (χ1) is 15.8. The Morgan fingerprint density at radius 2 is 1.56 bits per heavy atom. The zero-order chi connectivity index (χ0) is 24.8. The van der Waals surface area contributed by atoms with E-state index in [2.05, 4.69) is 32.8 Å². The van der Waals surface area contributed by atoms with E-state index >= 15 is 0 Å². The molecule has 0 unspecified atom stereocenters. The monoisotopic (exact) mass is 613 g/mol. The molecular formula is C21H18IN4O6S2+. The van der Waals surface area contributed by atoms with Gasteiger partial charge in [0, 0.05) is 13.9 Å². The minimum Gasteiger partial charge on any atom is -0.282 e. The molecule has 1 heterocycles. The second-order valence-corrected chi connectivity index (χ2v) is 11.5. The third-order valence-electron chi connectivity index (χ3n) is 4.95. The van der Waals surface area contributed by atoms with E-state index in [0.29, 0.717) is 17.4 Å². The minimum absolute atomic E-state index is 0.0898. The molecule has 1 aromatic heterocycles. The third-order valence-corrected chi connectivity index (χ3v) is 7.42. The predicted molar refractivity (Wildman–Crippen MR) is 130 cm³/mol. The highest BCUT2D eigenvalue weighted by Crippen LogP contribution is 2.28. The number of hydrogen-bond acceptors (Lipinski definition) is 6. The number of aromatic nitrogens is 4. The van der Waals surface area contributed by atoms with Gasteiger partial charge in [-0.25, -0.2) is 0 Å². The maximum absolute atomic E-state index is 12.1. The molecule has 3 aromatic carbocycles. The fourth-order valence-corrected chi connectivity index (χ4v) is 5.03. The summed E-state index contributed by atoms with van der Waals surface area (Å²) in [4.78, 5) is 1.50. The lowest BCUT2D eigenvalue weighted by molar-refractivity contribution is -0.734. The molecule has 4 rings (SSSR count). The lowest BCUT2D eigenvalue weighted by Gasteiger charge is -2.04. The quantitative estimate of drug-likeness (QED) is 0.199. The Balaban J connectivity index is 2.02. The van der Waals surface area contributed by atoms with Gasteiger partial charge in [0.2, 0.25) is 0 Å². The zero-order valence-electron chi connectivity index (χ0n) is 17.8. The number of hydrogen-bond donors (Lipinski definition) is 2. The van der Waals surface area contributed by atoms with Crippen molar-refractivity contribution in [3.8, 4) is 22.8 Å². The summed E-state index contributed by atoms with van der Waals surface area (Å²) in [6.45, 7) is 3.85. The topological polar surface area (TPSA) is 143 Å². The van der Waals surface area contributed by atoms with Crippen molar-refractivity contribution < 1.29 is 30.7 Å². The molecule has 0 aliphatic carbocycles. The molecule has 0 aliphatic heterocycles. The number of benzene rings is 3. The van der Waals surface area contributed by atoms with Gasteiger partial charge in [0.25, 0.3) is 20.2 Å². The van der Waals surface area contributed by atoms with Crippen molar-refractivity contribution >= 4 is 42.8 Å². The van der Waals surface area contributed by atoms with Gasteiger partial charge in [-0.2, -0.15) is 16.8 Å². The van der Waals surface area contributed by atoms with Crippen molar-refractivity contribution in [2.24, 2.45) is 0 Å². The van der Waals surface area contributed by atoms with Crippen LogP contribution in [0, 0.1) is 17.4 Å². The summed E-state index contributed by atoms with van der Waals surface area (Å²) in [5.41, 5.74) is 3.08. The molecule has 0 saturated carbocycles. The van der Waals surface area contributed by atoms with Gasteiger partial charge in [-0.05, 0) is 94.9 Å². The van der Waals surface area contributed by atoms with E-state index < -0.39 is 30.0 Å². The predicted octanol–water partition coefficient (Wildman–Crippen LogP) is 2.93. The van der Waals surface area contributed by atoms with E-state index in [1.165, 1.54) is 9.59 Å². The number of nitrogens with zero attached hydrogens (tertiary/aromatic N) is 4. The SMILES string of the molecule is Cc1ccc(-[n+]2nc(-c3ccc(S(=O)(=O)O)cc3S(=O)(=O)O)nn2-c2ccc(I)cc2)c(C)c1. The molecule has 0 fully saturated rings. The summed E-state index contributed by atoms with van der Waals surface area (Å²) in [7, 11) is -9.61. The lowest BCUT2D eigenvalue weighted by atomic mass is 10.1. The van der Waals surface area contributed by atoms with E-state index in [-0.39, 0.29) is 11.4 Å². The molecule has 10 nitrogen and oxygen atoms in total. The molecular weight excluding hydrogens is 595 g/mol. The summed E-state index contributed by atoms with van der Waals surface area (Å²) in [6.07, 6.45) is 0. The van der Waals surface area contributed by atoms with Gasteiger partial charge in [-0.3, -0.25) is 9.11 Å².